The molecule has 0 spiro atoms. The summed E-state index contributed by atoms with van der Waals surface area (Å²) in [5, 5.41) is 0. The van der Waals surface area contributed by atoms with Crippen LogP contribution < -0.4 is 10.6 Å². The highest BCUT2D eigenvalue weighted by atomic mass is 19.1. The molecule has 2 N–H and O–H groups in total. The van der Waals surface area contributed by atoms with Gasteiger partial charge in [-0.2, -0.15) is 0 Å². The summed E-state index contributed by atoms with van der Waals surface area (Å²) in [5.74, 6) is 1.02. The minimum Gasteiger partial charge on any atom is -0.400 e. The Morgan fingerprint density at radius 2 is 2.15 bits per heavy atom. The molecule has 4 rings (SSSR count). The summed E-state index contributed by atoms with van der Waals surface area (Å²) < 4.78 is 14.0. The first-order valence-electron chi connectivity index (χ1n) is 9.15. The molecule has 0 saturated heterocycles. The lowest BCUT2D eigenvalue weighted by atomic mass is 10.0. The third kappa shape index (κ3) is 3.60. The maximum Gasteiger partial charge on any atom is 0.148 e. The van der Waals surface area contributed by atoms with Crippen molar-refractivity contribution in [1.29, 1.82) is 0 Å². The van der Waals surface area contributed by atoms with Crippen molar-refractivity contribution in [3.63, 3.8) is 0 Å². The number of anilines is 1. The van der Waals surface area contributed by atoms with E-state index in [4.69, 9.17) is 10.7 Å². The second-order valence-electron chi connectivity index (χ2n) is 6.88. The number of nitrogens with two attached hydrogens (primary N) is 1. The van der Waals surface area contributed by atoms with Crippen molar-refractivity contribution in [1.82, 2.24) is 9.97 Å². The number of hydrogen-bond donors (Lipinski definition) is 1. The molecule has 6 heteroatoms. The summed E-state index contributed by atoms with van der Waals surface area (Å²) >= 11 is 0. The van der Waals surface area contributed by atoms with Crippen LogP contribution in [0.3, 0.4) is 0 Å². The molecule has 1 saturated carbocycles. The number of pyridine rings is 2. The van der Waals surface area contributed by atoms with Crippen molar-refractivity contribution in [2.45, 2.75) is 31.2 Å². The molecule has 2 aromatic heterocycles. The molecule has 5 nitrogen and oxygen atoms in total. The average Bonchev–Trinajstić information content (AvgIpc) is 3.54. The molecule has 1 aliphatic carbocycles. The monoisotopic (exact) mass is 363 g/mol. The Bertz CT molecular complexity index is 916. The van der Waals surface area contributed by atoms with Gasteiger partial charge >= 0.3 is 0 Å². The van der Waals surface area contributed by atoms with Gasteiger partial charge < -0.3 is 10.6 Å². The van der Waals surface area contributed by atoms with Crippen LogP contribution in [0, 0.1) is 5.82 Å². The molecule has 1 fully saturated rings. The fourth-order valence-electron chi connectivity index (χ4n) is 3.45. The van der Waals surface area contributed by atoms with Gasteiger partial charge in [-0.25, -0.2) is 9.37 Å². The van der Waals surface area contributed by atoms with Gasteiger partial charge in [0.2, 0.25) is 0 Å². The number of nitrogens with zero attached hydrogens (tertiary/aromatic N) is 4. The predicted octanol–water partition coefficient (Wildman–Crippen LogP) is 3.66. The molecular formula is C21H22FN5. The minimum absolute atomic E-state index is 0.212. The topological polar surface area (TPSA) is 67.4 Å². The molecule has 0 amide bonds. The first-order chi connectivity index (χ1) is 13.2. The lowest BCUT2D eigenvalue weighted by Crippen LogP contribution is -2.43. The van der Waals surface area contributed by atoms with E-state index in [0.29, 0.717) is 11.6 Å². The molecular weight excluding hydrogens is 341 g/mol. The Hall–Kier alpha value is -3.02. The van der Waals surface area contributed by atoms with Crippen LogP contribution in [0.15, 0.2) is 59.0 Å². The van der Waals surface area contributed by atoms with Gasteiger partial charge in [-0.1, -0.05) is 12.1 Å². The van der Waals surface area contributed by atoms with Crippen LogP contribution in [0.1, 0.15) is 36.6 Å². The van der Waals surface area contributed by atoms with E-state index in [2.05, 4.69) is 27.7 Å². The summed E-state index contributed by atoms with van der Waals surface area (Å²) in [6, 6.07) is 8.67. The molecule has 1 unspecified atom stereocenters. The van der Waals surface area contributed by atoms with Gasteiger partial charge in [-0.15, -0.1) is 0 Å². The predicted molar refractivity (Wildman–Crippen MR) is 106 cm³/mol. The molecule has 2 aromatic rings. The maximum absolute atomic E-state index is 14.0. The van der Waals surface area contributed by atoms with Gasteiger partial charge in [0.1, 0.15) is 23.4 Å². The summed E-state index contributed by atoms with van der Waals surface area (Å²) in [5.41, 5.74) is 8.96. The van der Waals surface area contributed by atoms with E-state index in [1.807, 2.05) is 18.2 Å². The number of aromatic nitrogens is 2. The molecule has 3 heterocycles. The quantitative estimate of drug-likeness (QED) is 0.824. The SMILES string of the molecule is C=NC1=CCCN(c2cccc(C3CC3)n2)C1/C(N)=C/c1ncccc1F. The van der Waals surface area contributed by atoms with Gasteiger partial charge in [0.15, 0.2) is 0 Å². The fraction of sp³-hybridized carbons (Fsp3) is 0.286. The largest absolute Gasteiger partial charge is 0.400 e. The standard InChI is InChI=1S/C21H22FN5/c1-24-18-7-4-12-27(20-8-2-6-17(26-20)14-9-10-14)21(18)16(23)13-19-15(22)5-3-11-25-19/h2-3,5-8,11,13-14,21H,1,4,9-10,12,23H2/b16-13-. The molecule has 27 heavy (non-hydrogen) atoms. The highest BCUT2D eigenvalue weighted by Crippen LogP contribution is 2.40. The Labute approximate surface area is 158 Å². The molecule has 0 radical (unpaired) electrons. The highest BCUT2D eigenvalue weighted by molar-refractivity contribution is 5.58. The van der Waals surface area contributed by atoms with Gasteiger partial charge in [0.25, 0.3) is 0 Å². The molecule has 1 aliphatic heterocycles. The fourth-order valence-corrected chi connectivity index (χ4v) is 3.45. The lowest BCUT2D eigenvalue weighted by Gasteiger charge is -2.36. The zero-order valence-electron chi connectivity index (χ0n) is 15.1. The van der Waals surface area contributed by atoms with Crippen LogP contribution in [-0.4, -0.2) is 29.3 Å². The summed E-state index contributed by atoms with van der Waals surface area (Å²) in [6.07, 6.45) is 8.35. The summed E-state index contributed by atoms with van der Waals surface area (Å²) in [4.78, 5) is 15.2. The van der Waals surface area contributed by atoms with Crippen molar-refractivity contribution >= 4 is 18.6 Å². The highest BCUT2D eigenvalue weighted by Gasteiger charge is 2.30. The van der Waals surface area contributed by atoms with Crippen molar-refractivity contribution in [2.24, 2.45) is 10.7 Å². The van der Waals surface area contributed by atoms with E-state index in [1.54, 1.807) is 18.3 Å². The minimum atomic E-state index is -0.409. The first kappa shape index (κ1) is 17.4. The summed E-state index contributed by atoms with van der Waals surface area (Å²) in [7, 11) is 0. The van der Waals surface area contributed by atoms with Gasteiger partial charge in [0, 0.05) is 30.1 Å². The third-order valence-electron chi connectivity index (χ3n) is 4.95. The summed E-state index contributed by atoms with van der Waals surface area (Å²) in [6.45, 7) is 4.44. The second kappa shape index (κ2) is 7.31. The smallest absolute Gasteiger partial charge is 0.148 e. The Balaban J connectivity index is 1.72. The zero-order valence-corrected chi connectivity index (χ0v) is 15.1. The van der Waals surface area contributed by atoms with Crippen LogP contribution >= 0.6 is 0 Å². The Morgan fingerprint density at radius 3 is 2.89 bits per heavy atom. The van der Waals surface area contributed by atoms with Crippen LogP contribution in [0.4, 0.5) is 10.2 Å². The van der Waals surface area contributed by atoms with E-state index >= 15 is 0 Å². The van der Waals surface area contributed by atoms with Crippen molar-refractivity contribution < 1.29 is 4.39 Å². The van der Waals surface area contributed by atoms with E-state index in [0.717, 1.165) is 30.2 Å². The van der Waals surface area contributed by atoms with Crippen molar-refractivity contribution in [2.75, 3.05) is 11.4 Å². The number of hydrogen-bond acceptors (Lipinski definition) is 5. The van der Waals surface area contributed by atoms with Crippen LogP contribution in [0.2, 0.25) is 0 Å². The number of rotatable bonds is 5. The third-order valence-corrected chi connectivity index (χ3v) is 4.95. The molecule has 2 aliphatic rings. The second-order valence-corrected chi connectivity index (χ2v) is 6.88. The number of aliphatic imine (C=N–C) groups is 1. The Kier molecular flexibility index (Phi) is 4.71. The van der Waals surface area contributed by atoms with Gasteiger partial charge in [-0.05, 0) is 56.3 Å². The van der Waals surface area contributed by atoms with E-state index < -0.39 is 5.82 Å². The Morgan fingerprint density at radius 1 is 1.30 bits per heavy atom. The van der Waals surface area contributed by atoms with E-state index in [-0.39, 0.29) is 11.7 Å². The van der Waals surface area contributed by atoms with Crippen molar-refractivity contribution in [3.05, 3.63) is 71.2 Å². The molecule has 0 bridgehead atoms. The van der Waals surface area contributed by atoms with Gasteiger partial charge in [-0.3, -0.25) is 9.98 Å². The normalized spacial score (nSPS) is 20.3. The van der Waals surface area contributed by atoms with Crippen molar-refractivity contribution in [3.8, 4) is 0 Å². The van der Waals surface area contributed by atoms with Crippen LogP contribution in [0.5, 0.6) is 0 Å². The van der Waals surface area contributed by atoms with E-state index in [1.165, 1.54) is 18.9 Å². The molecule has 138 valence electrons. The molecule has 0 aromatic carbocycles. The van der Waals surface area contributed by atoms with Crippen LogP contribution in [-0.2, 0) is 0 Å². The first-order valence-corrected chi connectivity index (χ1v) is 9.15. The van der Waals surface area contributed by atoms with Gasteiger partial charge in [0.05, 0.1) is 5.70 Å². The maximum atomic E-state index is 14.0. The molecule has 1 atom stereocenters. The zero-order chi connectivity index (χ0) is 18.8. The van der Waals surface area contributed by atoms with Crippen LogP contribution in [0.25, 0.3) is 6.08 Å². The van der Waals surface area contributed by atoms with E-state index in [9.17, 15) is 4.39 Å². The average molecular weight is 363 g/mol. The number of halogens is 1. The lowest BCUT2D eigenvalue weighted by molar-refractivity contribution is 0.617.